The van der Waals surface area contributed by atoms with E-state index in [0.29, 0.717) is 26.2 Å². The molecule has 1 aromatic rings. The molecule has 0 saturated carbocycles. The molecule has 0 bridgehead atoms. The third-order valence-electron chi connectivity index (χ3n) is 5.07. The number of nitrogens with zero attached hydrogens (tertiary/aromatic N) is 1. The minimum absolute atomic E-state index is 0.00971. The van der Waals surface area contributed by atoms with Gasteiger partial charge in [0.05, 0.1) is 32.2 Å². The summed E-state index contributed by atoms with van der Waals surface area (Å²) in [5.41, 5.74) is 1.11. The van der Waals surface area contributed by atoms with Crippen molar-refractivity contribution in [2.45, 2.75) is 31.9 Å². The molecule has 2 aliphatic heterocycles. The Balaban J connectivity index is 1.41. The maximum atomic E-state index is 12.3. The molecule has 3 rings (SSSR count). The number of piperazine rings is 1. The normalized spacial score (nSPS) is 22.6. The molecule has 0 spiro atoms. The highest BCUT2D eigenvalue weighted by Gasteiger charge is 2.32. The summed E-state index contributed by atoms with van der Waals surface area (Å²) in [6.45, 7) is 6.18. The molecule has 6 heteroatoms. The highest BCUT2D eigenvalue weighted by molar-refractivity contribution is 5.81. The van der Waals surface area contributed by atoms with Crippen molar-refractivity contribution in [2.75, 3.05) is 39.3 Å². The first kappa shape index (κ1) is 17.9. The second-order valence-corrected chi connectivity index (χ2v) is 6.95. The van der Waals surface area contributed by atoms with Crippen molar-refractivity contribution in [3.63, 3.8) is 0 Å². The van der Waals surface area contributed by atoms with Crippen LogP contribution in [0.2, 0.25) is 0 Å². The Hall–Kier alpha value is -1.92. The molecule has 2 atom stereocenters. The van der Waals surface area contributed by atoms with Crippen LogP contribution in [0.1, 0.15) is 31.4 Å². The van der Waals surface area contributed by atoms with E-state index >= 15 is 0 Å². The van der Waals surface area contributed by atoms with E-state index in [4.69, 9.17) is 4.74 Å². The van der Waals surface area contributed by atoms with Crippen LogP contribution in [0, 0.1) is 0 Å². The minimum Gasteiger partial charge on any atom is -0.368 e. The molecule has 0 unspecified atom stereocenters. The molecule has 25 heavy (non-hydrogen) atoms. The Bertz CT molecular complexity index is 579. The number of benzene rings is 1. The summed E-state index contributed by atoms with van der Waals surface area (Å²) in [5, 5.41) is 3.06. The predicted molar refractivity (Wildman–Crippen MR) is 94.1 cm³/mol. The number of amides is 2. The van der Waals surface area contributed by atoms with Gasteiger partial charge in [0.1, 0.15) is 6.10 Å². The second-order valence-electron chi connectivity index (χ2n) is 6.95. The summed E-state index contributed by atoms with van der Waals surface area (Å²) in [6.07, 6.45) is 1.57. The molecule has 1 aromatic carbocycles. The lowest BCUT2D eigenvalue weighted by Crippen LogP contribution is -3.15. The van der Waals surface area contributed by atoms with Crippen LogP contribution >= 0.6 is 0 Å². The van der Waals surface area contributed by atoms with Gasteiger partial charge in [-0.1, -0.05) is 30.3 Å². The molecule has 2 amide bonds. The van der Waals surface area contributed by atoms with Crippen molar-refractivity contribution in [3.05, 3.63) is 35.9 Å². The number of nitrogens with one attached hydrogen (secondary N) is 2. The Labute approximate surface area is 149 Å². The van der Waals surface area contributed by atoms with Crippen LogP contribution in [0.25, 0.3) is 0 Å². The monoisotopic (exact) mass is 346 g/mol. The molecule has 2 aliphatic rings. The average Bonchev–Trinajstić information content (AvgIpc) is 3.17. The van der Waals surface area contributed by atoms with Gasteiger partial charge in [-0.05, 0) is 25.3 Å². The van der Waals surface area contributed by atoms with E-state index < -0.39 is 0 Å². The fourth-order valence-corrected chi connectivity index (χ4v) is 3.54. The molecule has 0 aromatic heterocycles. The van der Waals surface area contributed by atoms with Gasteiger partial charge in [-0.15, -0.1) is 0 Å². The quantitative estimate of drug-likeness (QED) is 0.774. The first-order chi connectivity index (χ1) is 12.1. The molecule has 0 aliphatic carbocycles. The van der Waals surface area contributed by atoms with Gasteiger partial charge in [0.15, 0.2) is 6.54 Å². The number of carbonyl (C=O) groups excluding carboxylic acids is 2. The molecule has 2 fully saturated rings. The van der Waals surface area contributed by atoms with Crippen molar-refractivity contribution in [1.29, 1.82) is 0 Å². The Morgan fingerprint density at radius 3 is 2.64 bits per heavy atom. The van der Waals surface area contributed by atoms with Gasteiger partial charge in [-0.2, -0.15) is 0 Å². The van der Waals surface area contributed by atoms with E-state index in [2.05, 4.69) is 5.32 Å². The topological polar surface area (TPSA) is 63.1 Å². The van der Waals surface area contributed by atoms with Crippen LogP contribution in [0.5, 0.6) is 0 Å². The maximum absolute atomic E-state index is 12.3. The van der Waals surface area contributed by atoms with Gasteiger partial charge >= 0.3 is 0 Å². The second kappa shape index (κ2) is 8.45. The minimum atomic E-state index is -0.239. The van der Waals surface area contributed by atoms with E-state index in [1.54, 1.807) is 0 Å². The number of ether oxygens (including phenoxy) is 1. The smallest absolute Gasteiger partial charge is 0.275 e. The molecule has 2 heterocycles. The van der Waals surface area contributed by atoms with E-state index in [1.165, 1.54) is 4.90 Å². The Morgan fingerprint density at radius 2 is 2.00 bits per heavy atom. The summed E-state index contributed by atoms with van der Waals surface area (Å²) in [5.74, 6) is 0.184. The first-order valence-electron chi connectivity index (χ1n) is 9.22. The van der Waals surface area contributed by atoms with E-state index in [9.17, 15) is 9.59 Å². The van der Waals surface area contributed by atoms with E-state index in [1.807, 2.05) is 42.2 Å². The van der Waals surface area contributed by atoms with Crippen molar-refractivity contribution in [2.24, 2.45) is 0 Å². The van der Waals surface area contributed by atoms with E-state index in [0.717, 1.165) is 31.5 Å². The summed E-state index contributed by atoms with van der Waals surface area (Å²) in [6, 6.07) is 9.98. The summed E-state index contributed by atoms with van der Waals surface area (Å²) < 4.78 is 5.48. The van der Waals surface area contributed by atoms with Gasteiger partial charge in [0.2, 0.25) is 0 Å². The Morgan fingerprint density at radius 1 is 1.28 bits per heavy atom. The van der Waals surface area contributed by atoms with Gasteiger partial charge in [-0.3, -0.25) is 9.59 Å². The molecule has 0 radical (unpaired) electrons. The van der Waals surface area contributed by atoms with Crippen LogP contribution in [-0.2, 0) is 14.3 Å². The van der Waals surface area contributed by atoms with Gasteiger partial charge < -0.3 is 19.9 Å². The average molecular weight is 346 g/mol. The largest absolute Gasteiger partial charge is 0.368 e. The van der Waals surface area contributed by atoms with E-state index in [-0.39, 0.29) is 24.0 Å². The third-order valence-corrected chi connectivity index (χ3v) is 5.07. The number of carbonyl (C=O) groups is 2. The van der Waals surface area contributed by atoms with Crippen molar-refractivity contribution in [3.8, 4) is 0 Å². The third kappa shape index (κ3) is 4.80. The molecule has 136 valence electrons. The summed E-state index contributed by atoms with van der Waals surface area (Å²) >= 11 is 0. The standard InChI is InChI=1S/C19H27N3O3/c1-15(16-6-3-2-4-7-16)20-18(23)14-21-9-11-22(12-10-21)19(24)17-8-5-13-25-17/h2-4,6-7,15,17H,5,8-14H2,1H3,(H,20,23)/p+1/t15-,17+/m1/s1. The predicted octanol–water partition coefficient (Wildman–Crippen LogP) is -0.230. The zero-order chi connectivity index (χ0) is 17.6. The van der Waals surface area contributed by atoms with Crippen LogP contribution < -0.4 is 10.2 Å². The number of quaternary nitrogens is 1. The Kier molecular flexibility index (Phi) is 6.04. The zero-order valence-corrected chi connectivity index (χ0v) is 14.9. The number of hydrogen-bond donors (Lipinski definition) is 2. The van der Waals surface area contributed by atoms with Crippen molar-refractivity contribution < 1.29 is 19.2 Å². The molecule has 6 nitrogen and oxygen atoms in total. The van der Waals surface area contributed by atoms with Crippen LogP contribution in [0.3, 0.4) is 0 Å². The molecule has 2 saturated heterocycles. The lowest BCUT2D eigenvalue weighted by Gasteiger charge is -2.33. The lowest BCUT2D eigenvalue weighted by molar-refractivity contribution is -0.896. The maximum Gasteiger partial charge on any atom is 0.275 e. The van der Waals surface area contributed by atoms with Crippen molar-refractivity contribution in [1.82, 2.24) is 10.2 Å². The summed E-state index contributed by atoms with van der Waals surface area (Å²) in [7, 11) is 0. The summed E-state index contributed by atoms with van der Waals surface area (Å²) in [4.78, 5) is 27.8. The van der Waals surface area contributed by atoms with Gasteiger partial charge in [-0.25, -0.2) is 0 Å². The highest BCUT2D eigenvalue weighted by Crippen LogP contribution is 2.14. The first-order valence-corrected chi connectivity index (χ1v) is 9.22. The lowest BCUT2D eigenvalue weighted by atomic mass is 10.1. The fourth-order valence-electron chi connectivity index (χ4n) is 3.54. The SMILES string of the molecule is C[C@@H](NC(=O)C[NH+]1CCN(C(=O)[C@@H]2CCCO2)CC1)c1ccccc1. The molecule has 2 N–H and O–H groups in total. The van der Waals surface area contributed by atoms with Crippen LogP contribution in [0.15, 0.2) is 30.3 Å². The number of rotatable bonds is 5. The molecular weight excluding hydrogens is 318 g/mol. The number of hydrogen-bond acceptors (Lipinski definition) is 3. The zero-order valence-electron chi connectivity index (χ0n) is 14.9. The molecular formula is C19H28N3O3+. The highest BCUT2D eigenvalue weighted by atomic mass is 16.5. The fraction of sp³-hybridized carbons (Fsp3) is 0.579. The van der Waals surface area contributed by atoms with Crippen LogP contribution in [-0.4, -0.2) is 62.1 Å². The van der Waals surface area contributed by atoms with Crippen LogP contribution in [0.4, 0.5) is 0 Å². The van der Waals surface area contributed by atoms with Gasteiger partial charge in [0.25, 0.3) is 11.8 Å². The van der Waals surface area contributed by atoms with Crippen molar-refractivity contribution >= 4 is 11.8 Å². The van der Waals surface area contributed by atoms with Gasteiger partial charge in [0, 0.05) is 6.61 Å².